The van der Waals surface area contributed by atoms with Crippen molar-refractivity contribution in [2.45, 2.75) is 19.8 Å². The van der Waals surface area contributed by atoms with Gasteiger partial charge in [0.05, 0.1) is 18.8 Å². The number of fused-ring (bicyclic) bond motifs is 1. The van der Waals surface area contributed by atoms with Gasteiger partial charge in [-0.15, -0.1) is 15.0 Å². The van der Waals surface area contributed by atoms with E-state index in [1.54, 1.807) is 67.6 Å². The predicted molar refractivity (Wildman–Crippen MR) is 132 cm³/mol. The van der Waals surface area contributed by atoms with Gasteiger partial charge >= 0.3 is 11.9 Å². The normalized spacial score (nSPS) is 10.7. The van der Waals surface area contributed by atoms with Gasteiger partial charge in [0, 0.05) is 17.7 Å². The number of hydrogen-bond donors (Lipinski definition) is 1. The van der Waals surface area contributed by atoms with Crippen LogP contribution in [0.5, 0.6) is 17.2 Å². The van der Waals surface area contributed by atoms with Crippen LogP contribution >= 0.6 is 0 Å². The minimum Gasteiger partial charge on any atom is -0.505 e. The fourth-order valence-corrected chi connectivity index (χ4v) is 3.25. The number of carbonyl (C=O) groups excluding carboxylic acids is 2. The molecule has 0 fully saturated rings. The maximum absolute atomic E-state index is 12.2. The molecule has 1 aromatic heterocycles. The van der Waals surface area contributed by atoms with Crippen LogP contribution in [0.3, 0.4) is 0 Å². The Labute approximate surface area is 207 Å². The molecule has 0 amide bonds. The number of aromatic hydroxyl groups is 1. The summed E-state index contributed by atoms with van der Waals surface area (Å²) in [5.74, 6) is -0.227. The SMILES string of the molecule is C=C(C)C(=O)OCCCCOc1ccc2nn(-c3ccc(OC(=O)c4ccccc4)cc3O)nc2c1. The highest BCUT2D eigenvalue weighted by Gasteiger charge is 2.13. The maximum atomic E-state index is 12.2. The van der Waals surface area contributed by atoms with Gasteiger partial charge in [-0.2, -0.15) is 0 Å². The van der Waals surface area contributed by atoms with Crippen LogP contribution in [0.2, 0.25) is 0 Å². The van der Waals surface area contributed by atoms with Gasteiger partial charge in [-0.1, -0.05) is 24.8 Å². The molecule has 9 nitrogen and oxygen atoms in total. The van der Waals surface area contributed by atoms with Crippen LogP contribution in [-0.4, -0.2) is 45.3 Å². The van der Waals surface area contributed by atoms with Crippen molar-refractivity contribution in [3.8, 4) is 22.9 Å². The summed E-state index contributed by atoms with van der Waals surface area (Å²) >= 11 is 0. The van der Waals surface area contributed by atoms with Crippen molar-refractivity contribution in [2.75, 3.05) is 13.2 Å². The van der Waals surface area contributed by atoms with Crippen LogP contribution in [0, 0.1) is 0 Å². The molecule has 1 N–H and O–H groups in total. The number of hydrogen-bond acceptors (Lipinski definition) is 8. The molecule has 0 bridgehead atoms. The Bertz CT molecular complexity index is 1400. The van der Waals surface area contributed by atoms with Crippen LogP contribution in [0.1, 0.15) is 30.1 Å². The number of phenolic OH excluding ortho intramolecular Hbond substituents is 1. The second-order valence-electron chi connectivity index (χ2n) is 8.02. The van der Waals surface area contributed by atoms with Crippen molar-refractivity contribution >= 4 is 23.0 Å². The number of benzene rings is 3. The monoisotopic (exact) mass is 487 g/mol. The molecule has 4 rings (SSSR count). The van der Waals surface area contributed by atoms with Crippen molar-refractivity contribution in [2.24, 2.45) is 0 Å². The van der Waals surface area contributed by atoms with Crippen LogP contribution in [0.25, 0.3) is 16.7 Å². The summed E-state index contributed by atoms with van der Waals surface area (Å²) in [6.45, 7) is 5.92. The molecule has 9 heteroatoms. The zero-order valence-corrected chi connectivity index (χ0v) is 19.7. The van der Waals surface area contributed by atoms with Gasteiger partial charge in [0.25, 0.3) is 0 Å². The van der Waals surface area contributed by atoms with E-state index in [9.17, 15) is 14.7 Å². The highest BCUT2D eigenvalue weighted by atomic mass is 16.5. The van der Waals surface area contributed by atoms with E-state index in [0.29, 0.717) is 59.7 Å². The quantitative estimate of drug-likeness (QED) is 0.149. The Morgan fingerprint density at radius 3 is 2.39 bits per heavy atom. The summed E-state index contributed by atoms with van der Waals surface area (Å²) in [6, 6.07) is 18.4. The summed E-state index contributed by atoms with van der Waals surface area (Å²) < 4.78 is 16.2. The fraction of sp³-hybridized carbons (Fsp3) is 0.185. The van der Waals surface area contributed by atoms with Crippen molar-refractivity contribution in [3.63, 3.8) is 0 Å². The number of nitrogens with zero attached hydrogens (tertiary/aromatic N) is 3. The Balaban J connectivity index is 1.36. The summed E-state index contributed by atoms with van der Waals surface area (Å²) in [4.78, 5) is 24.9. The van der Waals surface area contributed by atoms with Crippen molar-refractivity contribution < 1.29 is 28.9 Å². The molecule has 1 heterocycles. The van der Waals surface area contributed by atoms with Crippen LogP contribution in [0.15, 0.2) is 78.9 Å². The fourth-order valence-electron chi connectivity index (χ4n) is 3.25. The zero-order chi connectivity index (χ0) is 25.5. The van der Waals surface area contributed by atoms with Crippen LogP contribution < -0.4 is 9.47 Å². The molecule has 184 valence electrons. The maximum Gasteiger partial charge on any atom is 0.343 e. The third-order valence-electron chi connectivity index (χ3n) is 5.12. The second-order valence-corrected chi connectivity index (χ2v) is 8.02. The Morgan fingerprint density at radius 2 is 1.64 bits per heavy atom. The number of phenols is 1. The molecule has 0 aliphatic carbocycles. The first-order chi connectivity index (χ1) is 17.4. The largest absolute Gasteiger partial charge is 0.505 e. The lowest BCUT2D eigenvalue weighted by Crippen LogP contribution is -2.08. The van der Waals surface area contributed by atoms with E-state index in [1.807, 2.05) is 0 Å². The average molecular weight is 488 g/mol. The molecular weight excluding hydrogens is 462 g/mol. The third kappa shape index (κ3) is 6.06. The number of carbonyl (C=O) groups is 2. The Kier molecular flexibility index (Phi) is 7.60. The summed E-state index contributed by atoms with van der Waals surface area (Å²) in [7, 11) is 0. The number of unbranched alkanes of at least 4 members (excludes halogenated alkanes) is 1. The van der Waals surface area contributed by atoms with Crippen LogP contribution in [0.4, 0.5) is 0 Å². The number of aromatic nitrogens is 3. The minimum atomic E-state index is -0.522. The molecule has 0 aliphatic rings. The van der Waals surface area contributed by atoms with Gasteiger partial charge in [0.15, 0.2) is 0 Å². The van der Waals surface area contributed by atoms with Crippen molar-refractivity contribution in [1.29, 1.82) is 0 Å². The lowest BCUT2D eigenvalue weighted by atomic mass is 10.2. The minimum absolute atomic E-state index is 0.141. The summed E-state index contributed by atoms with van der Waals surface area (Å²) in [5.41, 5.74) is 2.32. The number of ether oxygens (including phenoxy) is 3. The topological polar surface area (TPSA) is 113 Å². The molecule has 3 aromatic carbocycles. The van der Waals surface area contributed by atoms with E-state index >= 15 is 0 Å². The third-order valence-corrected chi connectivity index (χ3v) is 5.12. The van der Waals surface area contributed by atoms with Gasteiger partial charge < -0.3 is 19.3 Å². The number of rotatable bonds is 10. The Morgan fingerprint density at radius 1 is 0.917 bits per heavy atom. The van der Waals surface area contributed by atoms with E-state index in [1.165, 1.54) is 10.9 Å². The lowest BCUT2D eigenvalue weighted by molar-refractivity contribution is -0.139. The van der Waals surface area contributed by atoms with E-state index in [0.717, 1.165) is 0 Å². The molecule has 0 atom stereocenters. The first kappa shape index (κ1) is 24.5. The highest BCUT2D eigenvalue weighted by molar-refractivity contribution is 5.91. The van der Waals surface area contributed by atoms with E-state index in [4.69, 9.17) is 14.2 Å². The molecular formula is C27H25N3O6. The van der Waals surface area contributed by atoms with Gasteiger partial charge in [-0.25, -0.2) is 9.59 Å². The molecule has 0 saturated heterocycles. The molecule has 36 heavy (non-hydrogen) atoms. The smallest absolute Gasteiger partial charge is 0.343 e. The van der Waals surface area contributed by atoms with Gasteiger partial charge in [0.2, 0.25) is 0 Å². The molecule has 0 spiro atoms. The molecule has 4 aromatic rings. The van der Waals surface area contributed by atoms with Crippen molar-refractivity contribution in [1.82, 2.24) is 15.0 Å². The summed E-state index contributed by atoms with van der Waals surface area (Å²) in [5, 5.41) is 19.3. The van der Waals surface area contributed by atoms with Gasteiger partial charge in [-0.3, -0.25) is 0 Å². The van der Waals surface area contributed by atoms with Gasteiger partial charge in [-0.05, 0) is 56.2 Å². The highest BCUT2D eigenvalue weighted by Crippen LogP contribution is 2.28. The first-order valence-electron chi connectivity index (χ1n) is 11.3. The van der Waals surface area contributed by atoms with E-state index < -0.39 is 11.9 Å². The lowest BCUT2D eigenvalue weighted by Gasteiger charge is -2.07. The van der Waals surface area contributed by atoms with E-state index in [2.05, 4.69) is 16.8 Å². The number of esters is 2. The second kappa shape index (κ2) is 11.2. The van der Waals surface area contributed by atoms with Crippen molar-refractivity contribution in [3.05, 3.63) is 84.4 Å². The average Bonchev–Trinajstić information content (AvgIpc) is 3.29. The molecule has 0 radical (unpaired) electrons. The van der Waals surface area contributed by atoms with E-state index in [-0.39, 0.29) is 11.5 Å². The van der Waals surface area contributed by atoms with Crippen LogP contribution in [-0.2, 0) is 9.53 Å². The predicted octanol–water partition coefficient (Wildman–Crippen LogP) is 4.62. The molecule has 0 aliphatic heterocycles. The first-order valence-corrected chi connectivity index (χ1v) is 11.3. The standard InChI is InChI=1S/C27H25N3O6/c1-18(2)26(32)35-15-7-6-14-34-20-10-12-22-23(16-20)29-30(28-22)24-13-11-21(17-25(24)31)36-27(33)19-8-4-3-5-9-19/h3-5,8-13,16-17,31H,1,6-7,14-15H2,2H3. The van der Waals surface area contributed by atoms with Gasteiger partial charge in [0.1, 0.15) is 34.0 Å². The molecule has 0 unspecified atom stereocenters. The molecule has 0 saturated carbocycles. The summed E-state index contributed by atoms with van der Waals surface area (Å²) in [6.07, 6.45) is 1.39. The zero-order valence-electron chi connectivity index (χ0n) is 19.7. The Hall–Kier alpha value is -4.66.